The Bertz CT molecular complexity index is 489. The molecule has 0 radical (unpaired) electrons. The van der Waals surface area contributed by atoms with Gasteiger partial charge in [-0.05, 0) is 19.1 Å². The molecule has 104 valence electrons. The zero-order valence-electron chi connectivity index (χ0n) is 11.1. The molecule has 2 N–H and O–H groups in total. The van der Waals surface area contributed by atoms with Gasteiger partial charge in [0.1, 0.15) is 0 Å². The third kappa shape index (κ3) is 5.65. The maximum Gasteiger partial charge on any atom is 0.319 e. The SMILES string of the molecule is CCS(=O)CCNC(=O)Nc1cccc(C(C)=O)c1. The van der Waals surface area contributed by atoms with E-state index in [9.17, 15) is 13.8 Å². The molecule has 0 aromatic heterocycles. The van der Waals surface area contributed by atoms with E-state index in [2.05, 4.69) is 10.6 Å². The van der Waals surface area contributed by atoms with E-state index >= 15 is 0 Å². The summed E-state index contributed by atoms with van der Waals surface area (Å²) in [6.07, 6.45) is 0. The molecular weight excluding hydrogens is 264 g/mol. The number of rotatable bonds is 6. The predicted molar refractivity (Wildman–Crippen MR) is 77.0 cm³/mol. The number of anilines is 1. The van der Waals surface area contributed by atoms with Crippen LogP contribution < -0.4 is 10.6 Å². The molecule has 1 aromatic carbocycles. The minimum atomic E-state index is -0.887. The highest BCUT2D eigenvalue weighted by Gasteiger charge is 2.04. The standard InChI is InChI=1S/C13H18N2O3S/c1-3-19(18)8-7-14-13(17)15-12-6-4-5-11(9-12)10(2)16/h4-6,9H,3,7-8H2,1-2H3,(H2,14,15,17). The first-order valence-corrected chi connectivity index (χ1v) is 7.52. The Morgan fingerprint density at radius 1 is 1.32 bits per heavy atom. The smallest absolute Gasteiger partial charge is 0.319 e. The first-order valence-electron chi connectivity index (χ1n) is 6.03. The average molecular weight is 282 g/mol. The van der Waals surface area contributed by atoms with Crippen LogP contribution >= 0.6 is 0 Å². The van der Waals surface area contributed by atoms with Crippen LogP contribution in [0.25, 0.3) is 0 Å². The molecule has 1 aromatic rings. The summed E-state index contributed by atoms with van der Waals surface area (Å²) in [6.45, 7) is 3.67. The van der Waals surface area contributed by atoms with Gasteiger partial charge in [-0.25, -0.2) is 4.79 Å². The number of ketones is 1. The van der Waals surface area contributed by atoms with Gasteiger partial charge in [0.25, 0.3) is 0 Å². The quantitative estimate of drug-likeness (QED) is 0.781. The Morgan fingerprint density at radius 2 is 2.05 bits per heavy atom. The van der Waals surface area contributed by atoms with Gasteiger partial charge in [-0.3, -0.25) is 9.00 Å². The molecule has 0 saturated heterocycles. The zero-order chi connectivity index (χ0) is 14.3. The molecular formula is C13H18N2O3S. The van der Waals surface area contributed by atoms with Crippen molar-refractivity contribution in [1.29, 1.82) is 0 Å². The minimum Gasteiger partial charge on any atom is -0.337 e. The second-order valence-electron chi connectivity index (χ2n) is 3.95. The summed E-state index contributed by atoms with van der Waals surface area (Å²) < 4.78 is 11.2. The highest BCUT2D eigenvalue weighted by atomic mass is 32.2. The van der Waals surface area contributed by atoms with Crippen molar-refractivity contribution in [1.82, 2.24) is 5.32 Å². The maximum atomic E-state index is 11.6. The topological polar surface area (TPSA) is 75.3 Å². The first kappa shape index (κ1) is 15.4. The summed E-state index contributed by atoms with van der Waals surface area (Å²) in [5.74, 6) is 0.976. The Hall–Kier alpha value is -1.69. The monoisotopic (exact) mass is 282 g/mol. The second-order valence-corrected chi connectivity index (χ2v) is 5.82. The number of benzene rings is 1. The summed E-state index contributed by atoms with van der Waals surface area (Å²) in [4.78, 5) is 22.8. The largest absolute Gasteiger partial charge is 0.337 e. The highest BCUT2D eigenvalue weighted by Crippen LogP contribution is 2.10. The summed E-state index contributed by atoms with van der Waals surface area (Å²) in [7, 11) is -0.887. The fraction of sp³-hybridized carbons (Fsp3) is 0.385. The van der Waals surface area contributed by atoms with E-state index in [1.165, 1.54) is 6.92 Å². The number of amides is 2. The van der Waals surface area contributed by atoms with Gasteiger partial charge in [-0.1, -0.05) is 19.1 Å². The number of Topliss-reactive ketones (excluding diaryl/α,β-unsaturated/α-hetero) is 1. The van der Waals surface area contributed by atoms with Crippen LogP contribution in [-0.2, 0) is 10.8 Å². The summed E-state index contributed by atoms with van der Waals surface area (Å²) in [6, 6.07) is 6.35. The van der Waals surface area contributed by atoms with E-state index in [1.54, 1.807) is 24.3 Å². The van der Waals surface area contributed by atoms with E-state index in [-0.39, 0.29) is 11.8 Å². The molecule has 0 aliphatic heterocycles. The molecule has 1 atom stereocenters. The van der Waals surface area contributed by atoms with E-state index in [0.717, 1.165) is 0 Å². The Morgan fingerprint density at radius 3 is 2.68 bits per heavy atom. The molecule has 1 unspecified atom stereocenters. The summed E-state index contributed by atoms with van der Waals surface area (Å²) >= 11 is 0. The van der Waals surface area contributed by atoms with Gasteiger partial charge in [0, 0.05) is 40.1 Å². The third-order valence-corrected chi connectivity index (χ3v) is 3.77. The number of carbonyl (C=O) groups excluding carboxylic acids is 2. The summed E-state index contributed by atoms with van der Waals surface area (Å²) in [5, 5.41) is 5.24. The van der Waals surface area contributed by atoms with Crippen molar-refractivity contribution < 1.29 is 13.8 Å². The maximum absolute atomic E-state index is 11.6. The van der Waals surface area contributed by atoms with Crippen LogP contribution in [0.2, 0.25) is 0 Å². The van der Waals surface area contributed by atoms with Gasteiger partial charge >= 0.3 is 6.03 Å². The van der Waals surface area contributed by atoms with Gasteiger partial charge in [-0.15, -0.1) is 0 Å². The molecule has 0 aliphatic rings. The number of urea groups is 1. The predicted octanol–water partition coefficient (Wildman–Crippen LogP) is 1.78. The number of carbonyl (C=O) groups is 2. The first-order chi connectivity index (χ1) is 9.02. The lowest BCUT2D eigenvalue weighted by molar-refractivity contribution is 0.101. The molecule has 0 saturated carbocycles. The third-order valence-electron chi connectivity index (χ3n) is 2.46. The van der Waals surface area contributed by atoms with Crippen LogP contribution in [0.4, 0.5) is 10.5 Å². The van der Waals surface area contributed by atoms with Crippen molar-refractivity contribution in [2.75, 3.05) is 23.4 Å². The molecule has 0 bridgehead atoms. The van der Waals surface area contributed by atoms with Crippen molar-refractivity contribution in [3.63, 3.8) is 0 Å². The van der Waals surface area contributed by atoms with Crippen LogP contribution in [0.5, 0.6) is 0 Å². The van der Waals surface area contributed by atoms with Crippen molar-refractivity contribution in [3.8, 4) is 0 Å². The molecule has 1 rings (SSSR count). The van der Waals surface area contributed by atoms with Gasteiger partial charge < -0.3 is 10.6 Å². The molecule has 5 nitrogen and oxygen atoms in total. The van der Waals surface area contributed by atoms with Crippen LogP contribution in [0.3, 0.4) is 0 Å². The highest BCUT2D eigenvalue weighted by molar-refractivity contribution is 7.84. The Balaban J connectivity index is 2.46. The van der Waals surface area contributed by atoms with Gasteiger partial charge in [-0.2, -0.15) is 0 Å². The molecule has 2 amide bonds. The lowest BCUT2D eigenvalue weighted by Crippen LogP contribution is -2.32. The van der Waals surface area contributed by atoms with E-state index in [4.69, 9.17) is 0 Å². The van der Waals surface area contributed by atoms with Crippen molar-refractivity contribution in [2.45, 2.75) is 13.8 Å². The Kier molecular flexibility index (Phi) is 6.21. The van der Waals surface area contributed by atoms with Crippen molar-refractivity contribution >= 4 is 28.3 Å². The van der Waals surface area contributed by atoms with Crippen LogP contribution in [0.15, 0.2) is 24.3 Å². The number of nitrogens with one attached hydrogen (secondary N) is 2. The fourth-order valence-electron chi connectivity index (χ4n) is 1.41. The molecule has 0 fully saturated rings. The second kappa shape index (κ2) is 7.68. The Labute approximate surface area is 115 Å². The van der Waals surface area contributed by atoms with Gasteiger partial charge in [0.05, 0.1) is 0 Å². The average Bonchev–Trinajstić information content (AvgIpc) is 2.38. The molecule has 6 heteroatoms. The minimum absolute atomic E-state index is 0.0533. The number of hydrogen-bond donors (Lipinski definition) is 2. The lowest BCUT2D eigenvalue weighted by atomic mass is 10.1. The molecule has 19 heavy (non-hydrogen) atoms. The number of hydrogen-bond acceptors (Lipinski definition) is 3. The van der Waals surface area contributed by atoms with Gasteiger partial charge in [0.15, 0.2) is 5.78 Å². The molecule has 0 spiro atoms. The van der Waals surface area contributed by atoms with E-state index < -0.39 is 10.8 Å². The zero-order valence-corrected chi connectivity index (χ0v) is 11.9. The molecule has 0 heterocycles. The molecule has 0 aliphatic carbocycles. The lowest BCUT2D eigenvalue weighted by Gasteiger charge is -2.08. The van der Waals surface area contributed by atoms with Crippen LogP contribution in [-0.4, -0.2) is 34.1 Å². The van der Waals surface area contributed by atoms with E-state index in [1.807, 2.05) is 6.92 Å². The normalized spacial score (nSPS) is 11.7. The van der Waals surface area contributed by atoms with Crippen molar-refractivity contribution in [2.24, 2.45) is 0 Å². The van der Waals surface area contributed by atoms with Gasteiger partial charge in [0.2, 0.25) is 0 Å². The van der Waals surface area contributed by atoms with Crippen LogP contribution in [0, 0.1) is 0 Å². The fourth-order valence-corrected chi connectivity index (χ4v) is 2.03. The van der Waals surface area contributed by atoms with Crippen molar-refractivity contribution in [3.05, 3.63) is 29.8 Å². The van der Waals surface area contributed by atoms with Crippen LogP contribution in [0.1, 0.15) is 24.2 Å². The summed E-state index contributed by atoms with van der Waals surface area (Å²) in [5.41, 5.74) is 1.10. The van der Waals surface area contributed by atoms with E-state index in [0.29, 0.717) is 29.3 Å².